The van der Waals surface area contributed by atoms with Gasteiger partial charge in [-0.15, -0.1) is 0 Å². The van der Waals surface area contributed by atoms with Crippen molar-refractivity contribution < 1.29 is 0 Å². The Morgan fingerprint density at radius 1 is 1.25 bits per heavy atom. The normalized spacial score (nSPS) is 12.8. The van der Waals surface area contributed by atoms with E-state index in [1.165, 1.54) is 14.7 Å². The van der Waals surface area contributed by atoms with Gasteiger partial charge in [-0.3, -0.25) is 0 Å². The van der Waals surface area contributed by atoms with Crippen LogP contribution < -0.4 is 0 Å². The number of aryl methyl sites for hydroxylation is 1. The first kappa shape index (κ1) is 14.5. The lowest BCUT2D eigenvalue weighted by Crippen LogP contribution is -2.10. The van der Waals surface area contributed by atoms with E-state index in [-0.39, 0.29) is 0 Å². The lowest BCUT2D eigenvalue weighted by molar-refractivity contribution is 0.658. The Balaban J connectivity index is 2.46. The Labute approximate surface area is 126 Å². The van der Waals surface area contributed by atoms with Crippen LogP contribution in [0.4, 0.5) is 0 Å². The van der Waals surface area contributed by atoms with Crippen LogP contribution in [0.1, 0.15) is 25.8 Å². The standard InChI is InChI=1S/C14H18I2/c1-10(2)14(16)11(3)4-5-12-6-8-13(15)9-7-12/h6-10,14H,3-5H2,1-2H3/t14-/m0/s1. The molecule has 0 aliphatic carbocycles. The summed E-state index contributed by atoms with van der Waals surface area (Å²) in [6, 6.07) is 8.77. The molecular formula is C14H18I2. The number of rotatable bonds is 5. The van der Waals surface area contributed by atoms with Crippen LogP contribution in [0, 0.1) is 9.49 Å². The van der Waals surface area contributed by atoms with Crippen molar-refractivity contribution in [1.29, 1.82) is 0 Å². The first-order chi connectivity index (χ1) is 7.50. The van der Waals surface area contributed by atoms with E-state index in [1.807, 2.05) is 0 Å². The summed E-state index contributed by atoms with van der Waals surface area (Å²) in [4.78, 5) is 0. The summed E-state index contributed by atoms with van der Waals surface area (Å²) in [5.41, 5.74) is 2.78. The molecule has 2 heteroatoms. The molecule has 1 aromatic carbocycles. The minimum absolute atomic E-state index is 0.599. The molecule has 0 aromatic heterocycles. The number of alkyl halides is 1. The zero-order valence-corrected chi connectivity index (χ0v) is 14.2. The fourth-order valence-corrected chi connectivity index (χ4v) is 2.24. The molecule has 16 heavy (non-hydrogen) atoms. The van der Waals surface area contributed by atoms with Crippen LogP contribution in [0.5, 0.6) is 0 Å². The summed E-state index contributed by atoms with van der Waals surface area (Å²) in [6.45, 7) is 8.71. The van der Waals surface area contributed by atoms with Gasteiger partial charge < -0.3 is 0 Å². The van der Waals surface area contributed by atoms with Gasteiger partial charge in [0.25, 0.3) is 0 Å². The van der Waals surface area contributed by atoms with Crippen LogP contribution in [0.3, 0.4) is 0 Å². The molecule has 0 N–H and O–H groups in total. The maximum atomic E-state index is 4.20. The van der Waals surface area contributed by atoms with Gasteiger partial charge in [0.05, 0.1) is 0 Å². The highest BCUT2D eigenvalue weighted by Crippen LogP contribution is 2.24. The van der Waals surface area contributed by atoms with Crippen molar-refractivity contribution in [2.75, 3.05) is 0 Å². The number of allylic oxidation sites excluding steroid dienone is 1. The van der Waals surface area contributed by atoms with Gasteiger partial charge in [-0.2, -0.15) is 0 Å². The highest BCUT2D eigenvalue weighted by Gasteiger charge is 2.12. The topological polar surface area (TPSA) is 0 Å². The maximum Gasteiger partial charge on any atom is 0.0339 e. The molecule has 0 aliphatic heterocycles. The monoisotopic (exact) mass is 440 g/mol. The van der Waals surface area contributed by atoms with Gasteiger partial charge in [0.2, 0.25) is 0 Å². The van der Waals surface area contributed by atoms with Gasteiger partial charge in [-0.25, -0.2) is 0 Å². The number of hydrogen-bond donors (Lipinski definition) is 0. The van der Waals surface area contributed by atoms with Crippen molar-refractivity contribution in [3.63, 3.8) is 0 Å². The van der Waals surface area contributed by atoms with Gasteiger partial charge in [-0.1, -0.05) is 60.7 Å². The molecule has 0 aliphatic rings. The van der Waals surface area contributed by atoms with Crippen LogP contribution in [-0.4, -0.2) is 3.92 Å². The average molecular weight is 440 g/mol. The van der Waals surface area contributed by atoms with E-state index in [9.17, 15) is 0 Å². The van der Waals surface area contributed by atoms with Gasteiger partial charge >= 0.3 is 0 Å². The van der Waals surface area contributed by atoms with E-state index in [2.05, 4.69) is 89.9 Å². The van der Waals surface area contributed by atoms with Crippen molar-refractivity contribution in [1.82, 2.24) is 0 Å². The van der Waals surface area contributed by atoms with E-state index in [4.69, 9.17) is 0 Å². The molecule has 1 aromatic rings. The third-order valence-corrected chi connectivity index (χ3v) is 5.66. The third kappa shape index (κ3) is 4.73. The minimum atomic E-state index is 0.599. The molecular weight excluding hydrogens is 422 g/mol. The molecule has 0 heterocycles. The van der Waals surface area contributed by atoms with E-state index in [0.29, 0.717) is 9.84 Å². The van der Waals surface area contributed by atoms with E-state index in [1.54, 1.807) is 0 Å². The highest BCUT2D eigenvalue weighted by atomic mass is 127. The molecule has 0 amide bonds. The van der Waals surface area contributed by atoms with E-state index >= 15 is 0 Å². The second-order valence-electron chi connectivity index (χ2n) is 4.43. The van der Waals surface area contributed by atoms with Crippen LogP contribution >= 0.6 is 45.2 Å². The lowest BCUT2D eigenvalue weighted by Gasteiger charge is -2.16. The first-order valence-corrected chi connectivity index (χ1v) is 7.89. The fourth-order valence-electron chi connectivity index (χ4n) is 1.57. The predicted octanol–water partition coefficient (Wildman–Crippen LogP) is 5.24. The van der Waals surface area contributed by atoms with E-state index in [0.717, 1.165) is 12.8 Å². The van der Waals surface area contributed by atoms with Crippen molar-refractivity contribution >= 4 is 45.2 Å². The number of halogens is 2. The van der Waals surface area contributed by atoms with Gasteiger partial charge in [0, 0.05) is 7.49 Å². The van der Waals surface area contributed by atoms with Crippen molar-refractivity contribution in [2.45, 2.75) is 30.6 Å². The van der Waals surface area contributed by atoms with Crippen molar-refractivity contribution in [3.05, 3.63) is 45.6 Å². The molecule has 0 unspecified atom stereocenters. The Bertz CT molecular complexity index is 338. The second kappa shape index (κ2) is 6.99. The lowest BCUT2D eigenvalue weighted by atomic mass is 9.98. The first-order valence-electron chi connectivity index (χ1n) is 5.57. The Hall–Kier alpha value is 0.420. The molecule has 1 atom stereocenters. The van der Waals surface area contributed by atoms with E-state index < -0.39 is 0 Å². The molecule has 0 saturated carbocycles. The molecule has 0 spiro atoms. The van der Waals surface area contributed by atoms with Crippen LogP contribution in [0.15, 0.2) is 36.4 Å². The van der Waals surface area contributed by atoms with Gasteiger partial charge in [0.1, 0.15) is 0 Å². The molecule has 0 fully saturated rings. The zero-order valence-electron chi connectivity index (χ0n) is 9.84. The Kier molecular flexibility index (Phi) is 6.32. The molecule has 88 valence electrons. The smallest absolute Gasteiger partial charge is 0.0339 e. The Morgan fingerprint density at radius 3 is 2.31 bits per heavy atom. The average Bonchev–Trinajstić information content (AvgIpc) is 2.26. The predicted molar refractivity (Wildman–Crippen MR) is 89.3 cm³/mol. The molecule has 0 bridgehead atoms. The summed E-state index contributed by atoms with van der Waals surface area (Å²) in [5.74, 6) is 0.685. The maximum absolute atomic E-state index is 4.20. The van der Waals surface area contributed by atoms with Crippen molar-refractivity contribution in [2.24, 2.45) is 5.92 Å². The fraction of sp³-hybridized carbons (Fsp3) is 0.429. The molecule has 1 rings (SSSR count). The zero-order chi connectivity index (χ0) is 12.1. The molecule has 0 saturated heterocycles. The Morgan fingerprint density at radius 2 is 1.81 bits per heavy atom. The van der Waals surface area contributed by atoms with Gasteiger partial charge in [-0.05, 0) is 59.0 Å². The summed E-state index contributed by atoms with van der Waals surface area (Å²) in [5, 5.41) is 0. The van der Waals surface area contributed by atoms with Crippen molar-refractivity contribution in [3.8, 4) is 0 Å². The summed E-state index contributed by atoms with van der Waals surface area (Å²) in [7, 11) is 0. The number of benzene rings is 1. The quantitative estimate of drug-likeness (QED) is 0.334. The largest absolute Gasteiger partial charge is 0.0988 e. The minimum Gasteiger partial charge on any atom is -0.0988 e. The summed E-state index contributed by atoms with van der Waals surface area (Å²) < 4.78 is 1.90. The molecule has 0 nitrogen and oxygen atoms in total. The second-order valence-corrected chi connectivity index (χ2v) is 7.02. The highest BCUT2D eigenvalue weighted by molar-refractivity contribution is 14.1. The number of hydrogen-bond acceptors (Lipinski definition) is 0. The van der Waals surface area contributed by atoms with Crippen LogP contribution in [-0.2, 0) is 6.42 Å². The van der Waals surface area contributed by atoms with Crippen LogP contribution in [0.25, 0.3) is 0 Å². The van der Waals surface area contributed by atoms with Gasteiger partial charge in [0.15, 0.2) is 0 Å². The summed E-state index contributed by atoms with van der Waals surface area (Å²) >= 11 is 4.84. The third-order valence-electron chi connectivity index (χ3n) is 2.62. The SMILES string of the molecule is C=C(CCc1ccc(I)cc1)[C@@H](I)C(C)C. The molecule has 0 radical (unpaired) electrons. The van der Waals surface area contributed by atoms with Crippen LogP contribution in [0.2, 0.25) is 0 Å². The summed E-state index contributed by atoms with van der Waals surface area (Å²) in [6.07, 6.45) is 2.22.